The molecular formula is C34H36N4O5. The molecule has 6 rings (SSSR count). The first-order chi connectivity index (χ1) is 20.4. The first-order valence-corrected chi connectivity index (χ1v) is 14.8. The zero-order valence-electron chi connectivity index (χ0n) is 25.7. The number of Topliss-reactive ketones (excluding diaryl/α,β-unsaturated/α-hetero) is 3. The molecule has 0 aromatic carbocycles. The number of ketones is 3. The molecule has 1 unspecified atom stereocenters. The van der Waals surface area contributed by atoms with Gasteiger partial charge in [0.2, 0.25) is 0 Å². The lowest BCUT2D eigenvalue weighted by Crippen LogP contribution is -2.30. The van der Waals surface area contributed by atoms with Crippen molar-refractivity contribution in [3.05, 3.63) is 68.8 Å². The zero-order valence-corrected chi connectivity index (χ0v) is 25.7. The molecule has 0 fully saturated rings. The minimum absolute atomic E-state index is 0.0199. The van der Waals surface area contributed by atoms with Crippen LogP contribution in [0.1, 0.15) is 124 Å². The van der Waals surface area contributed by atoms with Crippen LogP contribution in [0.15, 0.2) is 18.2 Å². The van der Waals surface area contributed by atoms with Gasteiger partial charge in [-0.15, -0.1) is 0 Å². The van der Waals surface area contributed by atoms with Gasteiger partial charge in [0, 0.05) is 63.8 Å². The number of aromatic amines is 2. The SMILES string of the molecule is CC[C@H]1c2cc3[nH]c4c(c5nc(cc6[nH]c(cc(n2)[C@@H]1C)c(C(C)=O)c6C)C(=O)C5(C)CCC(=O)OC)CC(=O)c4c3C. The number of carbonyl (C=O) groups excluding carboxylic acids is 4. The Bertz CT molecular complexity index is 1930. The fourth-order valence-corrected chi connectivity index (χ4v) is 7.18. The van der Waals surface area contributed by atoms with E-state index in [1.165, 1.54) is 14.0 Å². The third-order valence-corrected chi connectivity index (χ3v) is 9.72. The molecule has 8 bridgehead atoms. The van der Waals surface area contributed by atoms with E-state index in [0.717, 1.165) is 28.9 Å². The van der Waals surface area contributed by atoms with Crippen molar-refractivity contribution >= 4 is 45.4 Å². The number of carbonyl (C=O) groups is 4. The van der Waals surface area contributed by atoms with Gasteiger partial charge in [0.25, 0.3) is 0 Å². The molecule has 0 amide bonds. The molecule has 9 nitrogen and oxygen atoms in total. The Labute approximate surface area is 249 Å². The summed E-state index contributed by atoms with van der Waals surface area (Å²) in [5.74, 6) is -0.527. The number of esters is 1. The molecule has 43 heavy (non-hydrogen) atoms. The Kier molecular flexibility index (Phi) is 6.75. The molecule has 2 N–H and O–H groups in total. The molecule has 3 atom stereocenters. The van der Waals surface area contributed by atoms with Crippen LogP contribution in [0.25, 0.3) is 22.1 Å². The number of rotatable bonds is 5. The van der Waals surface area contributed by atoms with Crippen molar-refractivity contribution in [2.75, 3.05) is 7.11 Å². The number of hydrogen-bond acceptors (Lipinski definition) is 7. The van der Waals surface area contributed by atoms with Gasteiger partial charge in [-0.2, -0.15) is 0 Å². The molecule has 3 aromatic rings. The van der Waals surface area contributed by atoms with E-state index in [-0.39, 0.29) is 54.1 Å². The number of aromatic nitrogens is 4. The predicted molar refractivity (Wildman–Crippen MR) is 163 cm³/mol. The van der Waals surface area contributed by atoms with Gasteiger partial charge >= 0.3 is 5.97 Å². The topological polar surface area (TPSA) is 135 Å². The summed E-state index contributed by atoms with van der Waals surface area (Å²) in [6.07, 6.45) is 1.18. The van der Waals surface area contributed by atoms with Crippen LogP contribution < -0.4 is 0 Å². The second kappa shape index (κ2) is 10.1. The lowest BCUT2D eigenvalue weighted by atomic mass is 9.77. The molecule has 5 heterocycles. The maximum atomic E-state index is 14.1. The number of nitrogens with one attached hydrogen (secondary N) is 2. The predicted octanol–water partition coefficient (Wildman–Crippen LogP) is 6.26. The van der Waals surface area contributed by atoms with Crippen molar-refractivity contribution in [3.8, 4) is 0 Å². The lowest BCUT2D eigenvalue weighted by molar-refractivity contribution is -0.140. The van der Waals surface area contributed by atoms with Crippen LogP contribution in [0.4, 0.5) is 0 Å². The quantitative estimate of drug-likeness (QED) is 0.268. The van der Waals surface area contributed by atoms with Crippen molar-refractivity contribution in [1.82, 2.24) is 19.9 Å². The standard InChI is InChI=1S/C34H36N4O5/c1-8-19-15(2)21-13-25-29(18(5)39)16(3)22(36-25)14-26-33(42)34(6,10-9-28(41)43-7)32(38-26)20-11-27(40)30-17(4)23(37-31(20)30)12-24(19)35-21/h12-15,19,36-37H,8-11H2,1-7H3/t15-,19-,34?/m1/s1. The first-order valence-electron chi connectivity index (χ1n) is 14.8. The van der Waals surface area contributed by atoms with E-state index in [9.17, 15) is 19.2 Å². The number of aryl methyl sites for hydroxylation is 2. The maximum absolute atomic E-state index is 14.1. The van der Waals surface area contributed by atoms with Crippen LogP contribution >= 0.6 is 0 Å². The number of nitrogens with zero attached hydrogens (tertiary/aromatic N) is 2. The van der Waals surface area contributed by atoms with Crippen LogP contribution in [0.3, 0.4) is 0 Å². The number of fused-ring (bicyclic) bond motifs is 8. The van der Waals surface area contributed by atoms with Crippen LogP contribution in [0.2, 0.25) is 0 Å². The molecule has 9 heteroatoms. The van der Waals surface area contributed by atoms with E-state index in [4.69, 9.17) is 14.7 Å². The number of methoxy groups -OCH3 is 1. The molecule has 2 aliphatic heterocycles. The summed E-state index contributed by atoms with van der Waals surface area (Å²) in [6.45, 7) is 11.4. The highest BCUT2D eigenvalue weighted by molar-refractivity contribution is 6.14. The van der Waals surface area contributed by atoms with Gasteiger partial charge in [-0.3, -0.25) is 24.2 Å². The summed E-state index contributed by atoms with van der Waals surface area (Å²) in [4.78, 5) is 69.5. The lowest BCUT2D eigenvalue weighted by Gasteiger charge is -2.22. The van der Waals surface area contributed by atoms with Crippen LogP contribution in [0, 0.1) is 13.8 Å². The Morgan fingerprint density at radius 3 is 2.40 bits per heavy atom. The van der Waals surface area contributed by atoms with Gasteiger partial charge in [0.15, 0.2) is 17.3 Å². The van der Waals surface area contributed by atoms with E-state index < -0.39 is 11.4 Å². The van der Waals surface area contributed by atoms with Gasteiger partial charge in [-0.25, -0.2) is 4.98 Å². The minimum Gasteiger partial charge on any atom is -0.469 e. The Morgan fingerprint density at radius 1 is 1.02 bits per heavy atom. The first kappa shape index (κ1) is 28.7. The van der Waals surface area contributed by atoms with E-state index >= 15 is 0 Å². The summed E-state index contributed by atoms with van der Waals surface area (Å²) in [6, 6.07) is 5.64. The van der Waals surface area contributed by atoms with Gasteiger partial charge in [0.05, 0.1) is 29.3 Å². The molecule has 3 aliphatic rings. The largest absolute Gasteiger partial charge is 0.469 e. The number of H-pyrrole nitrogens is 2. The van der Waals surface area contributed by atoms with E-state index in [1.54, 1.807) is 13.0 Å². The normalized spacial score (nSPS) is 21.0. The molecule has 0 radical (unpaired) electrons. The third kappa shape index (κ3) is 4.27. The minimum atomic E-state index is -1.16. The van der Waals surface area contributed by atoms with Crippen LogP contribution in [-0.4, -0.2) is 50.4 Å². The summed E-state index contributed by atoms with van der Waals surface area (Å²) in [5, 5.41) is 0. The van der Waals surface area contributed by atoms with Crippen LogP contribution in [-0.2, 0) is 21.4 Å². The Balaban J connectivity index is 1.77. The van der Waals surface area contributed by atoms with E-state index in [0.29, 0.717) is 44.5 Å². The maximum Gasteiger partial charge on any atom is 0.305 e. The number of ether oxygens (including phenoxy) is 1. The summed E-state index contributed by atoms with van der Waals surface area (Å²) < 4.78 is 4.89. The fourth-order valence-electron chi connectivity index (χ4n) is 7.18. The molecule has 222 valence electrons. The van der Waals surface area contributed by atoms with E-state index in [2.05, 4.69) is 23.8 Å². The van der Waals surface area contributed by atoms with Gasteiger partial charge in [-0.05, 0) is 69.9 Å². The highest BCUT2D eigenvalue weighted by atomic mass is 16.5. The highest BCUT2D eigenvalue weighted by Crippen LogP contribution is 2.43. The second-order valence-corrected chi connectivity index (χ2v) is 12.3. The molecule has 0 spiro atoms. The smallest absolute Gasteiger partial charge is 0.305 e. The van der Waals surface area contributed by atoms with Crippen LogP contribution in [0.5, 0.6) is 0 Å². The summed E-state index contributed by atoms with van der Waals surface area (Å²) >= 11 is 0. The van der Waals surface area contributed by atoms with Gasteiger partial charge in [-0.1, -0.05) is 13.8 Å². The summed E-state index contributed by atoms with van der Waals surface area (Å²) in [7, 11) is 1.32. The molecule has 1 aliphatic carbocycles. The molecular weight excluding hydrogens is 544 g/mol. The van der Waals surface area contributed by atoms with Crippen molar-refractivity contribution in [2.24, 2.45) is 0 Å². The number of hydrogen-bond donors (Lipinski definition) is 2. The summed E-state index contributed by atoms with van der Waals surface area (Å²) in [5.41, 5.74) is 7.40. The average molecular weight is 581 g/mol. The third-order valence-electron chi connectivity index (χ3n) is 9.72. The Hall–Kier alpha value is -4.40. The van der Waals surface area contributed by atoms with Gasteiger partial charge in [0.1, 0.15) is 5.69 Å². The highest BCUT2D eigenvalue weighted by Gasteiger charge is 2.46. The van der Waals surface area contributed by atoms with Crippen molar-refractivity contribution in [1.29, 1.82) is 0 Å². The van der Waals surface area contributed by atoms with E-state index in [1.807, 2.05) is 26.0 Å². The van der Waals surface area contributed by atoms with Crippen molar-refractivity contribution in [2.45, 2.75) is 84.5 Å². The van der Waals surface area contributed by atoms with Gasteiger partial charge < -0.3 is 14.7 Å². The average Bonchev–Trinajstić information content (AvgIpc) is 3.70. The molecule has 0 saturated carbocycles. The van der Waals surface area contributed by atoms with Crippen molar-refractivity contribution < 1.29 is 23.9 Å². The Morgan fingerprint density at radius 2 is 1.72 bits per heavy atom. The second-order valence-electron chi connectivity index (χ2n) is 12.3. The van der Waals surface area contributed by atoms with Crippen molar-refractivity contribution in [3.63, 3.8) is 0 Å². The fraction of sp³-hybridized carbons (Fsp3) is 0.412. The molecule has 0 saturated heterocycles. The molecule has 3 aromatic heterocycles. The zero-order chi connectivity index (χ0) is 31.0. The monoisotopic (exact) mass is 580 g/mol.